The molecule has 2 heterocycles. The third-order valence-electron chi connectivity index (χ3n) is 3.88. The fourth-order valence-corrected chi connectivity index (χ4v) is 2.68. The van der Waals surface area contributed by atoms with Gasteiger partial charge in [0.1, 0.15) is 0 Å². The smallest absolute Gasteiger partial charge is 0.231 e. The molecule has 4 aromatic rings. The van der Waals surface area contributed by atoms with Crippen molar-refractivity contribution in [3.05, 3.63) is 89.8 Å². The van der Waals surface area contributed by atoms with Crippen molar-refractivity contribution < 1.29 is 4.52 Å². The van der Waals surface area contributed by atoms with Crippen LogP contribution in [0.25, 0.3) is 5.69 Å². The van der Waals surface area contributed by atoms with Crippen molar-refractivity contribution in [3.63, 3.8) is 0 Å². The molecule has 0 amide bonds. The summed E-state index contributed by atoms with van der Waals surface area (Å²) in [5, 5.41) is 8.29. The van der Waals surface area contributed by atoms with E-state index in [1.807, 2.05) is 65.5 Å². The second kappa shape index (κ2) is 7.84. The van der Waals surface area contributed by atoms with Gasteiger partial charge >= 0.3 is 0 Å². The number of nitrogens with two attached hydrogens (primary N) is 1. The van der Waals surface area contributed by atoms with Crippen LogP contribution in [-0.2, 0) is 12.8 Å². The molecule has 0 spiro atoms. The molecule has 2 aromatic carbocycles. The van der Waals surface area contributed by atoms with Crippen LogP contribution in [0.3, 0.4) is 0 Å². The molecule has 2 N–H and O–H groups in total. The quantitative estimate of drug-likeness (QED) is 0.546. The molecule has 0 bridgehead atoms. The molecule has 2 aromatic heterocycles. The van der Waals surface area contributed by atoms with Gasteiger partial charge in [-0.15, -0.1) is 12.4 Å². The summed E-state index contributed by atoms with van der Waals surface area (Å²) in [5.41, 5.74) is 9.72. The summed E-state index contributed by atoms with van der Waals surface area (Å²) in [5.74, 6) is 1.26. The maximum atomic E-state index is 5.79. The van der Waals surface area contributed by atoms with Crippen LogP contribution in [0, 0.1) is 0 Å². The van der Waals surface area contributed by atoms with E-state index >= 15 is 0 Å². The van der Waals surface area contributed by atoms with Crippen LogP contribution >= 0.6 is 12.4 Å². The molecule has 0 saturated carbocycles. The number of nitrogen functional groups attached to an aromatic ring is 1. The molecule has 7 heteroatoms. The summed E-state index contributed by atoms with van der Waals surface area (Å²) in [4.78, 5) is 4.47. The maximum Gasteiger partial charge on any atom is 0.231 e. The van der Waals surface area contributed by atoms with Gasteiger partial charge in [0.2, 0.25) is 5.89 Å². The SMILES string of the molecule is Cl.Nc1cccc(Cc2nc(Cc3ccc(-n4cccn4)cc3)no2)c1. The van der Waals surface area contributed by atoms with Crippen molar-refractivity contribution in [2.24, 2.45) is 0 Å². The van der Waals surface area contributed by atoms with Gasteiger partial charge in [0.15, 0.2) is 5.82 Å². The highest BCUT2D eigenvalue weighted by atomic mass is 35.5. The minimum absolute atomic E-state index is 0. The van der Waals surface area contributed by atoms with E-state index in [1.165, 1.54) is 0 Å². The molecule has 0 aliphatic carbocycles. The first kappa shape index (κ1) is 17.7. The summed E-state index contributed by atoms with van der Waals surface area (Å²) in [6, 6.07) is 17.7. The Bertz CT molecular complexity index is 964. The summed E-state index contributed by atoms with van der Waals surface area (Å²) >= 11 is 0. The van der Waals surface area contributed by atoms with E-state index in [0.717, 1.165) is 22.5 Å². The molecule has 0 aliphatic rings. The average Bonchev–Trinajstić information content (AvgIpc) is 3.28. The van der Waals surface area contributed by atoms with Crippen LogP contribution in [-0.4, -0.2) is 19.9 Å². The normalized spacial score (nSPS) is 10.5. The summed E-state index contributed by atoms with van der Waals surface area (Å²) in [6.45, 7) is 0. The molecular formula is C19H18ClN5O. The minimum atomic E-state index is 0. The number of anilines is 1. The largest absolute Gasteiger partial charge is 0.399 e. The molecular weight excluding hydrogens is 350 g/mol. The van der Waals surface area contributed by atoms with Gasteiger partial charge in [-0.2, -0.15) is 10.1 Å². The zero-order valence-electron chi connectivity index (χ0n) is 13.9. The second-order valence-electron chi connectivity index (χ2n) is 5.82. The third kappa shape index (κ3) is 4.10. The first-order valence-corrected chi connectivity index (χ1v) is 8.01. The van der Waals surface area contributed by atoms with E-state index in [9.17, 15) is 0 Å². The molecule has 0 aliphatic heterocycles. The number of rotatable bonds is 5. The zero-order chi connectivity index (χ0) is 17.1. The molecule has 26 heavy (non-hydrogen) atoms. The van der Waals surface area contributed by atoms with Crippen LogP contribution in [0.2, 0.25) is 0 Å². The van der Waals surface area contributed by atoms with Crippen molar-refractivity contribution in [2.45, 2.75) is 12.8 Å². The molecule has 0 atom stereocenters. The molecule has 0 unspecified atom stereocenters. The molecule has 0 saturated heterocycles. The molecule has 4 rings (SSSR count). The predicted octanol–water partition coefficient (Wildman–Crippen LogP) is 3.44. The van der Waals surface area contributed by atoms with Crippen molar-refractivity contribution >= 4 is 18.1 Å². The first-order chi connectivity index (χ1) is 12.3. The second-order valence-corrected chi connectivity index (χ2v) is 5.82. The number of hydrogen-bond donors (Lipinski definition) is 1. The van der Waals surface area contributed by atoms with Gasteiger partial charge in [0.05, 0.1) is 12.1 Å². The lowest BCUT2D eigenvalue weighted by atomic mass is 10.1. The van der Waals surface area contributed by atoms with E-state index in [0.29, 0.717) is 24.6 Å². The van der Waals surface area contributed by atoms with E-state index < -0.39 is 0 Å². The van der Waals surface area contributed by atoms with Crippen LogP contribution in [0.5, 0.6) is 0 Å². The Morgan fingerprint density at radius 2 is 1.81 bits per heavy atom. The lowest BCUT2D eigenvalue weighted by Gasteiger charge is -2.02. The number of nitrogens with zero attached hydrogens (tertiary/aromatic N) is 4. The summed E-state index contributed by atoms with van der Waals surface area (Å²) < 4.78 is 7.17. The van der Waals surface area contributed by atoms with Gasteiger partial charge in [0, 0.05) is 24.5 Å². The Morgan fingerprint density at radius 3 is 2.54 bits per heavy atom. The fourth-order valence-electron chi connectivity index (χ4n) is 2.68. The number of halogens is 1. The minimum Gasteiger partial charge on any atom is -0.399 e. The summed E-state index contributed by atoms with van der Waals surface area (Å²) in [7, 11) is 0. The monoisotopic (exact) mass is 367 g/mol. The van der Waals surface area contributed by atoms with Crippen LogP contribution in [0.15, 0.2) is 71.5 Å². The van der Waals surface area contributed by atoms with Gasteiger partial charge in [-0.1, -0.05) is 29.4 Å². The Labute approximate surface area is 157 Å². The molecule has 132 valence electrons. The third-order valence-corrected chi connectivity index (χ3v) is 3.88. The summed E-state index contributed by atoms with van der Waals surface area (Å²) in [6.07, 6.45) is 4.88. The number of aromatic nitrogens is 4. The lowest BCUT2D eigenvalue weighted by molar-refractivity contribution is 0.380. The van der Waals surface area contributed by atoms with Crippen molar-refractivity contribution in [2.75, 3.05) is 5.73 Å². The maximum absolute atomic E-state index is 5.79. The highest BCUT2D eigenvalue weighted by Crippen LogP contribution is 2.14. The van der Waals surface area contributed by atoms with E-state index in [4.69, 9.17) is 10.3 Å². The first-order valence-electron chi connectivity index (χ1n) is 8.01. The van der Waals surface area contributed by atoms with Gasteiger partial charge in [-0.25, -0.2) is 4.68 Å². The molecule has 6 nitrogen and oxygen atoms in total. The van der Waals surface area contributed by atoms with E-state index in [2.05, 4.69) is 15.2 Å². The zero-order valence-corrected chi connectivity index (χ0v) is 14.8. The van der Waals surface area contributed by atoms with Gasteiger partial charge in [-0.3, -0.25) is 0 Å². The molecule has 0 radical (unpaired) electrons. The topological polar surface area (TPSA) is 82.8 Å². The standard InChI is InChI=1S/C19H17N5O.ClH/c20-16-4-1-3-15(11-16)13-19-22-18(23-25-19)12-14-5-7-17(8-6-14)24-10-2-9-21-24;/h1-11H,12-13,20H2;1H. The van der Waals surface area contributed by atoms with Gasteiger partial charge in [-0.05, 0) is 41.5 Å². The van der Waals surface area contributed by atoms with Crippen molar-refractivity contribution in [1.29, 1.82) is 0 Å². The van der Waals surface area contributed by atoms with Crippen molar-refractivity contribution in [1.82, 2.24) is 19.9 Å². The van der Waals surface area contributed by atoms with Crippen LogP contribution < -0.4 is 5.73 Å². The average molecular weight is 368 g/mol. The number of benzene rings is 2. The van der Waals surface area contributed by atoms with E-state index in [1.54, 1.807) is 6.20 Å². The molecule has 0 fully saturated rings. The van der Waals surface area contributed by atoms with Crippen molar-refractivity contribution in [3.8, 4) is 5.69 Å². The van der Waals surface area contributed by atoms with Crippen LogP contribution in [0.4, 0.5) is 5.69 Å². The van der Waals surface area contributed by atoms with Crippen LogP contribution in [0.1, 0.15) is 22.8 Å². The Morgan fingerprint density at radius 1 is 0.962 bits per heavy atom. The Balaban J connectivity index is 0.00000196. The van der Waals surface area contributed by atoms with Gasteiger partial charge < -0.3 is 10.3 Å². The Kier molecular flexibility index (Phi) is 5.34. The van der Waals surface area contributed by atoms with E-state index in [-0.39, 0.29) is 12.4 Å². The lowest BCUT2D eigenvalue weighted by Crippen LogP contribution is -1.96. The highest BCUT2D eigenvalue weighted by molar-refractivity contribution is 5.85. The van der Waals surface area contributed by atoms with Gasteiger partial charge in [0.25, 0.3) is 0 Å². The highest BCUT2D eigenvalue weighted by Gasteiger charge is 2.08. The fraction of sp³-hybridized carbons (Fsp3) is 0.105. The Hall–Kier alpha value is -3.12. The number of hydrogen-bond acceptors (Lipinski definition) is 5. The predicted molar refractivity (Wildman–Crippen MR) is 102 cm³/mol.